The number of nitrogens with zero attached hydrogens (tertiary/aromatic N) is 2. The van der Waals surface area contributed by atoms with Crippen molar-refractivity contribution in [2.45, 2.75) is 38.6 Å². The summed E-state index contributed by atoms with van der Waals surface area (Å²) in [6, 6.07) is 2.42. The quantitative estimate of drug-likeness (QED) is 0.794. The monoisotopic (exact) mass is 266 g/mol. The zero-order chi connectivity index (χ0) is 13.0. The summed E-state index contributed by atoms with van der Waals surface area (Å²) < 4.78 is 0. The van der Waals surface area contributed by atoms with Crippen LogP contribution >= 0.6 is 11.8 Å². The van der Waals surface area contributed by atoms with E-state index in [1.807, 2.05) is 24.9 Å². The van der Waals surface area contributed by atoms with Crippen LogP contribution in [0.25, 0.3) is 0 Å². The number of aromatic nitrogens is 2. The molecular weight excluding hydrogens is 244 g/mol. The fourth-order valence-corrected chi connectivity index (χ4v) is 2.45. The zero-order valence-corrected chi connectivity index (χ0v) is 12.2. The standard InChI is InChI=1S/C13H22N4S/c1-4-18-8-9(2)15-12-7-11(14-3)16-13(17-12)10-5-6-10/h7,9-10H,4-6,8H2,1-3H3,(H2,14,15,16,17). The maximum absolute atomic E-state index is 4.62. The Morgan fingerprint density at radius 3 is 2.72 bits per heavy atom. The minimum Gasteiger partial charge on any atom is -0.373 e. The van der Waals surface area contributed by atoms with E-state index in [-0.39, 0.29) is 0 Å². The minimum atomic E-state index is 0.432. The highest BCUT2D eigenvalue weighted by Crippen LogP contribution is 2.38. The van der Waals surface area contributed by atoms with Crippen molar-refractivity contribution in [1.29, 1.82) is 0 Å². The predicted octanol–water partition coefficient (Wildman–Crippen LogP) is 2.95. The summed E-state index contributed by atoms with van der Waals surface area (Å²) in [4.78, 5) is 9.14. The molecule has 0 bridgehead atoms. The van der Waals surface area contributed by atoms with Gasteiger partial charge >= 0.3 is 0 Å². The highest BCUT2D eigenvalue weighted by molar-refractivity contribution is 7.99. The molecule has 1 fully saturated rings. The second kappa shape index (κ2) is 6.27. The molecular formula is C13H22N4S. The third kappa shape index (κ3) is 3.77. The van der Waals surface area contributed by atoms with Gasteiger partial charge in [-0.05, 0) is 25.5 Å². The molecule has 0 saturated heterocycles. The molecule has 1 atom stereocenters. The molecule has 18 heavy (non-hydrogen) atoms. The van der Waals surface area contributed by atoms with Crippen LogP contribution in [0.2, 0.25) is 0 Å². The fraction of sp³-hybridized carbons (Fsp3) is 0.692. The first-order valence-corrected chi connectivity index (χ1v) is 7.79. The van der Waals surface area contributed by atoms with Gasteiger partial charge in [-0.15, -0.1) is 0 Å². The fourth-order valence-electron chi connectivity index (χ4n) is 1.78. The van der Waals surface area contributed by atoms with Gasteiger partial charge in [0.15, 0.2) is 0 Å². The SMILES string of the molecule is CCSCC(C)Nc1cc(NC)nc(C2CC2)n1. The first kappa shape index (κ1) is 13.5. The van der Waals surface area contributed by atoms with Gasteiger partial charge in [-0.25, -0.2) is 9.97 Å². The van der Waals surface area contributed by atoms with Crippen molar-refractivity contribution in [3.05, 3.63) is 11.9 Å². The number of rotatable bonds is 7. The summed E-state index contributed by atoms with van der Waals surface area (Å²) in [6.07, 6.45) is 2.46. The van der Waals surface area contributed by atoms with E-state index in [9.17, 15) is 0 Å². The lowest BCUT2D eigenvalue weighted by molar-refractivity contribution is 0.874. The second-order valence-corrected chi connectivity index (χ2v) is 6.04. The van der Waals surface area contributed by atoms with Crippen molar-refractivity contribution in [3.63, 3.8) is 0 Å². The van der Waals surface area contributed by atoms with Crippen molar-refractivity contribution in [3.8, 4) is 0 Å². The molecule has 0 amide bonds. The lowest BCUT2D eigenvalue weighted by Gasteiger charge is -2.15. The van der Waals surface area contributed by atoms with Crippen LogP contribution in [0.3, 0.4) is 0 Å². The van der Waals surface area contributed by atoms with Gasteiger partial charge in [0.05, 0.1) is 0 Å². The van der Waals surface area contributed by atoms with Gasteiger partial charge in [-0.3, -0.25) is 0 Å². The van der Waals surface area contributed by atoms with E-state index in [1.165, 1.54) is 12.8 Å². The molecule has 1 aromatic rings. The first-order valence-electron chi connectivity index (χ1n) is 6.64. The topological polar surface area (TPSA) is 49.8 Å². The Hall–Kier alpha value is -0.970. The summed E-state index contributed by atoms with van der Waals surface area (Å²) >= 11 is 1.95. The highest BCUT2D eigenvalue weighted by Gasteiger charge is 2.27. The minimum absolute atomic E-state index is 0.432. The largest absolute Gasteiger partial charge is 0.373 e. The molecule has 0 aliphatic heterocycles. The molecule has 1 aliphatic rings. The van der Waals surface area contributed by atoms with E-state index >= 15 is 0 Å². The van der Waals surface area contributed by atoms with E-state index in [0.29, 0.717) is 12.0 Å². The Bertz CT molecular complexity index is 393. The maximum atomic E-state index is 4.62. The molecule has 4 nitrogen and oxygen atoms in total. The molecule has 0 spiro atoms. The van der Waals surface area contributed by atoms with Crippen molar-refractivity contribution in [2.24, 2.45) is 0 Å². The third-order valence-electron chi connectivity index (χ3n) is 2.91. The highest BCUT2D eigenvalue weighted by atomic mass is 32.2. The van der Waals surface area contributed by atoms with Crippen LogP contribution in [0.15, 0.2) is 6.07 Å². The molecule has 1 aromatic heterocycles. The Morgan fingerprint density at radius 1 is 1.39 bits per heavy atom. The first-order chi connectivity index (χ1) is 8.72. The van der Waals surface area contributed by atoms with Gasteiger partial charge in [0.2, 0.25) is 0 Å². The van der Waals surface area contributed by atoms with Crippen LogP contribution < -0.4 is 10.6 Å². The van der Waals surface area contributed by atoms with Crippen LogP contribution in [0.1, 0.15) is 38.4 Å². The van der Waals surface area contributed by atoms with E-state index in [1.54, 1.807) is 0 Å². The number of nitrogens with one attached hydrogen (secondary N) is 2. The summed E-state index contributed by atoms with van der Waals surface area (Å²) in [5, 5.41) is 6.57. The van der Waals surface area contributed by atoms with Gasteiger partial charge < -0.3 is 10.6 Å². The van der Waals surface area contributed by atoms with Crippen molar-refractivity contribution < 1.29 is 0 Å². The Balaban J connectivity index is 2.04. The summed E-state index contributed by atoms with van der Waals surface area (Å²) in [5.74, 6) is 5.68. The molecule has 2 rings (SSSR count). The van der Waals surface area contributed by atoms with E-state index < -0.39 is 0 Å². The zero-order valence-electron chi connectivity index (χ0n) is 11.4. The predicted molar refractivity (Wildman–Crippen MR) is 79.6 cm³/mol. The number of hydrogen-bond acceptors (Lipinski definition) is 5. The molecule has 100 valence electrons. The molecule has 2 N–H and O–H groups in total. The summed E-state index contributed by atoms with van der Waals surface area (Å²) in [6.45, 7) is 4.38. The van der Waals surface area contributed by atoms with Crippen LogP contribution in [-0.4, -0.2) is 34.6 Å². The number of hydrogen-bond donors (Lipinski definition) is 2. The smallest absolute Gasteiger partial charge is 0.136 e. The molecule has 0 aromatic carbocycles. The summed E-state index contributed by atoms with van der Waals surface area (Å²) in [7, 11) is 1.90. The molecule has 5 heteroatoms. The van der Waals surface area contributed by atoms with Gasteiger partial charge in [-0.1, -0.05) is 6.92 Å². The van der Waals surface area contributed by atoms with E-state index in [2.05, 4.69) is 34.4 Å². The molecule has 1 aliphatic carbocycles. The number of thioether (sulfide) groups is 1. The third-order valence-corrected chi connectivity index (χ3v) is 4.05. The van der Waals surface area contributed by atoms with Gasteiger partial charge in [0.25, 0.3) is 0 Å². The van der Waals surface area contributed by atoms with Gasteiger partial charge in [0, 0.05) is 30.8 Å². The van der Waals surface area contributed by atoms with Crippen molar-refractivity contribution >= 4 is 23.4 Å². The molecule has 0 radical (unpaired) electrons. The Labute approximate surface area is 113 Å². The Kier molecular flexibility index (Phi) is 4.69. The lowest BCUT2D eigenvalue weighted by atomic mass is 10.3. The van der Waals surface area contributed by atoms with Gasteiger partial charge in [0.1, 0.15) is 17.5 Å². The van der Waals surface area contributed by atoms with Crippen molar-refractivity contribution in [2.75, 3.05) is 29.2 Å². The van der Waals surface area contributed by atoms with Gasteiger partial charge in [-0.2, -0.15) is 11.8 Å². The van der Waals surface area contributed by atoms with Crippen LogP contribution in [0.5, 0.6) is 0 Å². The van der Waals surface area contributed by atoms with E-state index in [0.717, 1.165) is 29.0 Å². The molecule has 1 heterocycles. The average Bonchev–Trinajstić information content (AvgIpc) is 3.20. The molecule has 1 unspecified atom stereocenters. The van der Waals surface area contributed by atoms with Crippen LogP contribution in [-0.2, 0) is 0 Å². The van der Waals surface area contributed by atoms with Crippen LogP contribution in [0.4, 0.5) is 11.6 Å². The van der Waals surface area contributed by atoms with E-state index in [4.69, 9.17) is 0 Å². The normalized spacial score (nSPS) is 16.4. The second-order valence-electron chi connectivity index (χ2n) is 4.73. The molecule has 1 saturated carbocycles. The van der Waals surface area contributed by atoms with Crippen LogP contribution in [0, 0.1) is 0 Å². The number of anilines is 2. The Morgan fingerprint density at radius 2 is 2.11 bits per heavy atom. The maximum Gasteiger partial charge on any atom is 0.136 e. The average molecular weight is 266 g/mol. The summed E-state index contributed by atoms with van der Waals surface area (Å²) in [5.41, 5.74) is 0. The van der Waals surface area contributed by atoms with Crippen molar-refractivity contribution in [1.82, 2.24) is 9.97 Å². The lowest BCUT2D eigenvalue weighted by Crippen LogP contribution is -2.19.